The van der Waals surface area contributed by atoms with Gasteiger partial charge in [-0.2, -0.15) is 0 Å². The van der Waals surface area contributed by atoms with Crippen LogP contribution in [0.3, 0.4) is 0 Å². The lowest BCUT2D eigenvalue weighted by molar-refractivity contribution is 0.619. The summed E-state index contributed by atoms with van der Waals surface area (Å²) in [7, 11) is 0. The number of rotatable bonds is 2. The topological polar surface area (TPSA) is 22.0 Å². The molecule has 0 aliphatic heterocycles. The van der Waals surface area contributed by atoms with Crippen molar-refractivity contribution >= 4 is 47.8 Å². The van der Waals surface area contributed by atoms with Gasteiger partial charge in [0.25, 0.3) is 5.56 Å². The molecule has 0 fully saturated rings. The van der Waals surface area contributed by atoms with E-state index < -0.39 is 0 Å². The van der Waals surface area contributed by atoms with Crippen molar-refractivity contribution in [2.75, 3.05) is 0 Å². The lowest BCUT2D eigenvalue weighted by Crippen LogP contribution is -2.20. The van der Waals surface area contributed by atoms with E-state index in [0.717, 1.165) is 10.0 Å². The maximum Gasteiger partial charge on any atom is 0.265 e. The van der Waals surface area contributed by atoms with Crippen molar-refractivity contribution in [3.05, 3.63) is 65.6 Å². The third-order valence-corrected chi connectivity index (χ3v) is 3.96. The standard InChI is InChI=1S/C12H7Br3FNO/c13-8-4-10(15)12(18)17(6-8)5-7-1-2-11(16)9(14)3-7/h1-4,6H,5H2. The summed E-state index contributed by atoms with van der Waals surface area (Å²) in [6.45, 7) is 0.385. The van der Waals surface area contributed by atoms with Gasteiger partial charge in [0.1, 0.15) is 5.82 Å². The van der Waals surface area contributed by atoms with E-state index in [-0.39, 0.29) is 11.4 Å². The highest BCUT2D eigenvalue weighted by atomic mass is 79.9. The molecule has 1 aromatic heterocycles. The molecule has 2 nitrogen and oxygen atoms in total. The number of halogens is 4. The maximum atomic E-state index is 13.1. The molecular weight excluding hydrogens is 433 g/mol. The van der Waals surface area contributed by atoms with Gasteiger partial charge in [-0.15, -0.1) is 0 Å². The Morgan fingerprint density at radius 1 is 1.11 bits per heavy atom. The zero-order chi connectivity index (χ0) is 13.3. The average Bonchev–Trinajstić information content (AvgIpc) is 2.30. The predicted molar refractivity (Wildman–Crippen MR) is 79.3 cm³/mol. The first-order valence-electron chi connectivity index (χ1n) is 4.97. The van der Waals surface area contributed by atoms with E-state index in [0.29, 0.717) is 15.5 Å². The third-order valence-electron chi connectivity index (χ3n) is 2.35. The van der Waals surface area contributed by atoms with Crippen molar-refractivity contribution in [2.45, 2.75) is 6.54 Å². The van der Waals surface area contributed by atoms with E-state index in [9.17, 15) is 9.18 Å². The van der Waals surface area contributed by atoms with Crippen LogP contribution in [0.5, 0.6) is 0 Å². The zero-order valence-corrected chi connectivity index (χ0v) is 13.7. The van der Waals surface area contributed by atoms with Gasteiger partial charge in [-0.05, 0) is 71.6 Å². The smallest absolute Gasteiger partial charge is 0.265 e. The van der Waals surface area contributed by atoms with Crippen LogP contribution < -0.4 is 5.56 Å². The van der Waals surface area contributed by atoms with E-state index in [4.69, 9.17) is 0 Å². The van der Waals surface area contributed by atoms with Gasteiger partial charge >= 0.3 is 0 Å². The van der Waals surface area contributed by atoms with Gasteiger partial charge < -0.3 is 4.57 Å². The molecule has 0 spiro atoms. The normalized spacial score (nSPS) is 10.7. The molecule has 0 aliphatic carbocycles. The molecule has 2 rings (SSSR count). The van der Waals surface area contributed by atoms with Crippen molar-refractivity contribution in [1.29, 1.82) is 0 Å². The minimum Gasteiger partial charge on any atom is -0.309 e. The molecule has 0 bridgehead atoms. The monoisotopic (exact) mass is 437 g/mol. The molecule has 94 valence electrons. The first-order chi connectivity index (χ1) is 8.47. The quantitative estimate of drug-likeness (QED) is 0.683. The van der Waals surface area contributed by atoms with Gasteiger partial charge in [0.15, 0.2) is 0 Å². The van der Waals surface area contributed by atoms with Crippen LogP contribution in [-0.4, -0.2) is 4.57 Å². The fraction of sp³-hybridized carbons (Fsp3) is 0.0833. The largest absolute Gasteiger partial charge is 0.309 e. The summed E-state index contributed by atoms with van der Waals surface area (Å²) in [5.41, 5.74) is 0.717. The summed E-state index contributed by atoms with van der Waals surface area (Å²) in [5.74, 6) is -0.318. The first kappa shape index (κ1) is 14.0. The summed E-state index contributed by atoms with van der Waals surface area (Å²) in [6.07, 6.45) is 1.70. The molecule has 0 atom stereocenters. The minimum absolute atomic E-state index is 0.126. The zero-order valence-electron chi connectivity index (χ0n) is 8.96. The Hall–Kier alpha value is -0.460. The van der Waals surface area contributed by atoms with Crippen molar-refractivity contribution in [3.63, 3.8) is 0 Å². The Labute approximate surface area is 128 Å². The maximum absolute atomic E-state index is 13.1. The van der Waals surface area contributed by atoms with Crippen LogP contribution >= 0.6 is 47.8 Å². The predicted octanol–water partition coefficient (Wildman–Crippen LogP) is 4.32. The van der Waals surface area contributed by atoms with Gasteiger partial charge in [0.05, 0.1) is 15.5 Å². The van der Waals surface area contributed by atoms with Crippen LogP contribution in [0.4, 0.5) is 4.39 Å². The van der Waals surface area contributed by atoms with Crippen LogP contribution in [0.25, 0.3) is 0 Å². The summed E-state index contributed by atoms with van der Waals surface area (Å²) in [5, 5.41) is 0. The van der Waals surface area contributed by atoms with E-state index in [1.807, 2.05) is 0 Å². The van der Waals surface area contributed by atoms with Crippen molar-refractivity contribution in [2.24, 2.45) is 0 Å². The minimum atomic E-state index is -0.318. The highest BCUT2D eigenvalue weighted by Gasteiger charge is 2.06. The Morgan fingerprint density at radius 2 is 1.83 bits per heavy atom. The van der Waals surface area contributed by atoms with E-state index >= 15 is 0 Å². The molecule has 1 heterocycles. The second-order valence-corrected chi connectivity index (χ2v) is 6.31. The lowest BCUT2D eigenvalue weighted by Gasteiger charge is -2.08. The fourth-order valence-corrected chi connectivity index (χ4v) is 3.20. The van der Waals surface area contributed by atoms with Crippen molar-refractivity contribution in [1.82, 2.24) is 4.57 Å². The first-order valence-corrected chi connectivity index (χ1v) is 7.34. The number of hydrogen-bond donors (Lipinski definition) is 0. The summed E-state index contributed by atoms with van der Waals surface area (Å²) in [4.78, 5) is 11.9. The summed E-state index contributed by atoms with van der Waals surface area (Å²) in [6, 6.07) is 6.38. The van der Waals surface area contributed by atoms with Gasteiger partial charge in [0, 0.05) is 10.7 Å². The van der Waals surface area contributed by atoms with E-state index in [1.54, 1.807) is 29.0 Å². The Balaban J connectivity index is 2.40. The van der Waals surface area contributed by atoms with Crippen LogP contribution in [-0.2, 0) is 6.54 Å². The molecule has 0 amide bonds. The van der Waals surface area contributed by atoms with Crippen LogP contribution in [0.15, 0.2) is 48.7 Å². The van der Waals surface area contributed by atoms with Crippen molar-refractivity contribution in [3.8, 4) is 0 Å². The second kappa shape index (κ2) is 5.67. The molecule has 0 radical (unpaired) electrons. The second-order valence-electron chi connectivity index (χ2n) is 3.69. The molecule has 0 saturated carbocycles. The van der Waals surface area contributed by atoms with Gasteiger partial charge in [-0.25, -0.2) is 4.39 Å². The van der Waals surface area contributed by atoms with Gasteiger partial charge in [-0.3, -0.25) is 4.79 Å². The average molecular weight is 440 g/mol. The van der Waals surface area contributed by atoms with E-state index in [2.05, 4.69) is 47.8 Å². The van der Waals surface area contributed by atoms with Gasteiger partial charge in [-0.1, -0.05) is 6.07 Å². The number of aromatic nitrogens is 1. The Morgan fingerprint density at radius 3 is 2.50 bits per heavy atom. The number of pyridine rings is 1. The van der Waals surface area contributed by atoms with E-state index in [1.165, 1.54) is 6.07 Å². The SMILES string of the molecule is O=c1c(Br)cc(Br)cn1Cc1ccc(F)c(Br)c1. The molecule has 0 saturated heterocycles. The molecular formula is C12H7Br3FNO. The highest BCUT2D eigenvalue weighted by Crippen LogP contribution is 2.18. The lowest BCUT2D eigenvalue weighted by atomic mass is 10.2. The molecule has 2 aromatic rings. The molecule has 1 aromatic carbocycles. The van der Waals surface area contributed by atoms with Crippen LogP contribution in [0.2, 0.25) is 0 Å². The Kier molecular flexibility index (Phi) is 4.40. The number of nitrogens with zero attached hydrogens (tertiary/aromatic N) is 1. The Bertz CT molecular complexity index is 654. The van der Waals surface area contributed by atoms with Gasteiger partial charge in [0.2, 0.25) is 0 Å². The fourth-order valence-electron chi connectivity index (χ4n) is 1.52. The summed E-state index contributed by atoms with van der Waals surface area (Å²) >= 11 is 9.66. The van der Waals surface area contributed by atoms with Crippen LogP contribution in [0.1, 0.15) is 5.56 Å². The summed E-state index contributed by atoms with van der Waals surface area (Å²) < 4.78 is 16.3. The molecule has 6 heteroatoms. The molecule has 0 N–H and O–H groups in total. The highest BCUT2D eigenvalue weighted by molar-refractivity contribution is 9.11. The molecule has 18 heavy (non-hydrogen) atoms. The number of benzene rings is 1. The van der Waals surface area contributed by atoms with Crippen molar-refractivity contribution < 1.29 is 4.39 Å². The number of hydrogen-bond acceptors (Lipinski definition) is 1. The molecule has 0 unspecified atom stereocenters. The third kappa shape index (κ3) is 3.10. The molecule has 0 aliphatic rings. The van der Waals surface area contributed by atoms with Crippen LogP contribution in [0, 0.1) is 5.82 Å².